The molecule has 1 amide bonds. The molecule has 0 aromatic heterocycles. The largest absolute Gasteiger partial charge is 0.317 e. The van der Waals surface area contributed by atoms with Gasteiger partial charge in [-0.05, 0) is 36.3 Å². The van der Waals surface area contributed by atoms with Crippen LogP contribution in [-0.4, -0.2) is 27.9 Å². The van der Waals surface area contributed by atoms with Crippen LogP contribution < -0.4 is 0 Å². The third-order valence-electron chi connectivity index (χ3n) is 3.91. The number of likely N-dealkylation sites (N-methyl/N-ethyl adjacent to an activating group) is 1. The molecule has 0 spiro atoms. The second kappa shape index (κ2) is 6.34. The van der Waals surface area contributed by atoms with E-state index in [1.807, 2.05) is 74.6 Å². The van der Waals surface area contributed by atoms with Crippen LogP contribution in [0.2, 0.25) is 0 Å². The highest BCUT2D eigenvalue weighted by Gasteiger charge is 2.35. The summed E-state index contributed by atoms with van der Waals surface area (Å²) in [6.45, 7) is 2.54. The summed E-state index contributed by atoms with van der Waals surface area (Å²) in [5, 5.41) is 0.539. The van der Waals surface area contributed by atoms with Gasteiger partial charge in [0, 0.05) is 7.05 Å². The Bertz CT molecular complexity index is 766. The smallest absolute Gasteiger partial charge is 0.277 e. The van der Waals surface area contributed by atoms with Crippen molar-refractivity contribution in [1.82, 2.24) is 9.80 Å². The van der Waals surface area contributed by atoms with E-state index in [1.165, 1.54) is 5.56 Å². The van der Waals surface area contributed by atoms with Gasteiger partial charge in [-0.2, -0.15) is 0 Å². The van der Waals surface area contributed by atoms with Gasteiger partial charge in [-0.3, -0.25) is 9.69 Å². The highest BCUT2D eigenvalue weighted by atomic mass is 32.1. The SMILES string of the molecule is Cc1ccc(C=C2C(=O)N(Cc3ccccc3)C(=S)N2C)cc1. The number of aryl methyl sites for hydroxylation is 1. The lowest BCUT2D eigenvalue weighted by Crippen LogP contribution is -2.30. The van der Waals surface area contributed by atoms with Gasteiger partial charge in [-0.1, -0.05) is 60.2 Å². The highest BCUT2D eigenvalue weighted by Crippen LogP contribution is 2.24. The molecular weight excluding hydrogens is 304 g/mol. The maximum atomic E-state index is 12.7. The van der Waals surface area contributed by atoms with Crippen molar-refractivity contribution < 1.29 is 4.79 Å². The molecule has 1 saturated heterocycles. The third-order valence-corrected chi connectivity index (χ3v) is 4.40. The fourth-order valence-corrected chi connectivity index (χ4v) is 2.78. The van der Waals surface area contributed by atoms with E-state index in [4.69, 9.17) is 12.2 Å². The van der Waals surface area contributed by atoms with Crippen molar-refractivity contribution in [3.8, 4) is 0 Å². The first-order valence-electron chi connectivity index (χ1n) is 7.48. The Balaban J connectivity index is 1.87. The Kier molecular flexibility index (Phi) is 4.26. The Hall–Kier alpha value is -2.46. The van der Waals surface area contributed by atoms with Gasteiger partial charge in [0.05, 0.1) is 6.54 Å². The summed E-state index contributed by atoms with van der Waals surface area (Å²) in [4.78, 5) is 16.2. The molecular formula is C19H18N2OS. The average Bonchev–Trinajstić information content (AvgIpc) is 2.76. The number of rotatable bonds is 3. The van der Waals surface area contributed by atoms with E-state index in [9.17, 15) is 4.79 Å². The van der Waals surface area contributed by atoms with Gasteiger partial charge in [0.1, 0.15) is 5.70 Å². The van der Waals surface area contributed by atoms with Crippen LogP contribution in [0.4, 0.5) is 0 Å². The lowest BCUT2D eigenvalue weighted by molar-refractivity contribution is -0.122. The van der Waals surface area contributed by atoms with Crippen LogP contribution in [0.15, 0.2) is 60.3 Å². The minimum Gasteiger partial charge on any atom is -0.317 e. The van der Waals surface area contributed by atoms with E-state index in [0.717, 1.165) is 11.1 Å². The molecule has 1 aliphatic heterocycles. The van der Waals surface area contributed by atoms with E-state index in [1.54, 1.807) is 9.80 Å². The molecule has 2 aromatic rings. The van der Waals surface area contributed by atoms with Gasteiger partial charge in [0.15, 0.2) is 5.11 Å². The first-order valence-corrected chi connectivity index (χ1v) is 7.89. The first kappa shape index (κ1) is 15.4. The number of hydrogen-bond acceptors (Lipinski definition) is 2. The molecule has 3 rings (SSSR count). The fraction of sp³-hybridized carbons (Fsp3) is 0.158. The molecule has 1 heterocycles. The van der Waals surface area contributed by atoms with Gasteiger partial charge in [-0.25, -0.2) is 0 Å². The maximum absolute atomic E-state index is 12.7. The minimum atomic E-state index is -0.0538. The van der Waals surface area contributed by atoms with Crippen LogP contribution in [0.3, 0.4) is 0 Å². The van der Waals surface area contributed by atoms with Crippen molar-refractivity contribution >= 4 is 29.3 Å². The third kappa shape index (κ3) is 3.17. The molecule has 1 fully saturated rings. The molecule has 0 bridgehead atoms. The zero-order valence-corrected chi connectivity index (χ0v) is 14.0. The number of carbonyl (C=O) groups is 1. The summed E-state index contributed by atoms with van der Waals surface area (Å²) in [6.07, 6.45) is 1.89. The summed E-state index contributed by atoms with van der Waals surface area (Å²) in [5.41, 5.74) is 3.86. The Morgan fingerprint density at radius 2 is 1.70 bits per heavy atom. The quantitative estimate of drug-likeness (QED) is 0.637. The number of amides is 1. The minimum absolute atomic E-state index is 0.0538. The zero-order valence-electron chi connectivity index (χ0n) is 13.2. The van der Waals surface area contributed by atoms with Gasteiger partial charge < -0.3 is 4.90 Å². The van der Waals surface area contributed by atoms with Crippen molar-refractivity contribution in [3.05, 3.63) is 77.0 Å². The van der Waals surface area contributed by atoms with Crippen molar-refractivity contribution in [3.63, 3.8) is 0 Å². The summed E-state index contributed by atoms with van der Waals surface area (Å²) in [6, 6.07) is 18.0. The fourth-order valence-electron chi connectivity index (χ4n) is 2.54. The molecule has 3 nitrogen and oxygen atoms in total. The zero-order chi connectivity index (χ0) is 16.4. The summed E-state index contributed by atoms with van der Waals surface area (Å²) >= 11 is 5.44. The number of carbonyl (C=O) groups excluding carboxylic acids is 1. The molecule has 4 heteroatoms. The second-order valence-electron chi connectivity index (χ2n) is 5.66. The Morgan fingerprint density at radius 3 is 2.35 bits per heavy atom. The lowest BCUT2D eigenvalue weighted by atomic mass is 10.1. The van der Waals surface area contributed by atoms with E-state index in [0.29, 0.717) is 17.4 Å². The Morgan fingerprint density at radius 1 is 1.04 bits per heavy atom. The molecule has 116 valence electrons. The van der Waals surface area contributed by atoms with E-state index >= 15 is 0 Å². The monoisotopic (exact) mass is 322 g/mol. The van der Waals surface area contributed by atoms with Gasteiger partial charge >= 0.3 is 0 Å². The molecule has 0 atom stereocenters. The van der Waals surface area contributed by atoms with Crippen LogP contribution >= 0.6 is 12.2 Å². The van der Waals surface area contributed by atoms with E-state index in [-0.39, 0.29) is 5.91 Å². The molecule has 0 radical (unpaired) electrons. The maximum Gasteiger partial charge on any atom is 0.277 e. The number of benzene rings is 2. The predicted octanol–water partition coefficient (Wildman–Crippen LogP) is 3.60. The van der Waals surface area contributed by atoms with Crippen LogP contribution in [0.5, 0.6) is 0 Å². The van der Waals surface area contributed by atoms with Gasteiger partial charge in [-0.15, -0.1) is 0 Å². The van der Waals surface area contributed by atoms with Crippen LogP contribution in [-0.2, 0) is 11.3 Å². The van der Waals surface area contributed by atoms with Crippen molar-refractivity contribution in [1.29, 1.82) is 0 Å². The molecule has 0 N–H and O–H groups in total. The highest BCUT2D eigenvalue weighted by molar-refractivity contribution is 7.80. The average molecular weight is 322 g/mol. The summed E-state index contributed by atoms with van der Waals surface area (Å²) in [7, 11) is 1.84. The standard InChI is InChI=1S/C19H18N2OS/c1-14-8-10-15(11-9-14)12-17-18(22)21(19(23)20(17)2)13-16-6-4-3-5-7-16/h3-12H,13H2,1-2H3. The molecule has 2 aromatic carbocycles. The second-order valence-corrected chi connectivity index (χ2v) is 6.02. The Labute approximate surface area is 141 Å². The van der Waals surface area contributed by atoms with Crippen LogP contribution in [0.1, 0.15) is 16.7 Å². The normalized spacial score (nSPS) is 16.5. The topological polar surface area (TPSA) is 23.6 Å². The van der Waals surface area contributed by atoms with E-state index in [2.05, 4.69) is 0 Å². The molecule has 0 aliphatic carbocycles. The first-order chi connectivity index (χ1) is 11.1. The van der Waals surface area contributed by atoms with Crippen LogP contribution in [0, 0.1) is 6.92 Å². The lowest BCUT2D eigenvalue weighted by Gasteiger charge is -2.16. The number of hydrogen-bond donors (Lipinski definition) is 0. The van der Waals surface area contributed by atoms with Crippen molar-refractivity contribution in [2.24, 2.45) is 0 Å². The summed E-state index contributed by atoms with van der Waals surface area (Å²) < 4.78 is 0. The van der Waals surface area contributed by atoms with Crippen molar-refractivity contribution in [2.75, 3.05) is 7.05 Å². The van der Waals surface area contributed by atoms with Crippen molar-refractivity contribution in [2.45, 2.75) is 13.5 Å². The molecule has 1 aliphatic rings. The molecule has 23 heavy (non-hydrogen) atoms. The predicted molar refractivity (Wildman–Crippen MR) is 96.5 cm³/mol. The van der Waals surface area contributed by atoms with E-state index < -0.39 is 0 Å². The van der Waals surface area contributed by atoms with Crippen LogP contribution in [0.25, 0.3) is 6.08 Å². The molecule has 0 saturated carbocycles. The van der Waals surface area contributed by atoms with Gasteiger partial charge in [0.2, 0.25) is 0 Å². The van der Waals surface area contributed by atoms with Gasteiger partial charge in [0.25, 0.3) is 5.91 Å². The number of nitrogens with zero attached hydrogens (tertiary/aromatic N) is 2. The summed E-state index contributed by atoms with van der Waals surface area (Å²) in [5.74, 6) is -0.0538. The number of thiocarbonyl (C=S) groups is 1. The molecule has 0 unspecified atom stereocenters.